The number of carbonyl (C=O) groups excluding carboxylic acids is 1. The summed E-state index contributed by atoms with van der Waals surface area (Å²) in [6, 6.07) is 0. The minimum Gasteiger partial charge on any atom is -0.459 e. The fourth-order valence-electron chi connectivity index (χ4n) is 3.00. The number of esters is 1. The molecule has 1 aliphatic rings. The highest BCUT2D eigenvalue weighted by Crippen LogP contribution is 2.30. The molecule has 116 valence electrons. The maximum Gasteiger partial charge on any atom is 0.333 e. The van der Waals surface area contributed by atoms with Gasteiger partial charge in [0, 0.05) is 5.57 Å². The number of hydrogen-bond acceptors (Lipinski definition) is 2. The first-order valence-electron chi connectivity index (χ1n) is 8.50. The lowest BCUT2D eigenvalue weighted by Gasteiger charge is -2.28. The van der Waals surface area contributed by atoms with Crippen LogP contribution in [0, 0.1) is 5.92 Å². The normalized spacial score (nSPS) is 22.5. The molecule has 1 saturated carbocycles. The van der Waals surface area contributed by atoms with E-state index in [2.05, 4.69) is 13.5 Å². The van der Waals surface area contributed by atoms with Gasteiger partial charge in [0.15, 0.2) is 0 Å². The van der Waals surface area contributed by atoms with Gasteiger partial charge in [0.05, 0.1) is 0 Å². The summed E-state index contributed by atoms with van der Waals surface area (Å²) in [5, 5.41) is 0. The summed E-state index contributed by atoms with van der Waals surface area (Å²) >= 11 is 0. The predicted octanol–water partition coefficient (Wildman–Crippen LogP) is 5.42. The van der Waals surface area contributed by atoms with E-state index in [4.69, 9.17) is 4.74 Å². The van der Waals surface area contributed by atoms with Gasteiger partial charge in [-0.1, -0.05) is 58.4 Å². The summed E-state index contributed by atoms with van der Waals surface area (Å²) in [6.45, 7) is 7.61. The van der Waals surface area contributed by atoms with E-state index in [-0.39, 0.29) is 12.1 Å². The molecule has 1 aliphatic carbocycles. The molecule has 0 aliphatic heterocycles. The lowest BCUT2D eigenvalue weighted by Crippen LogP contribution is -2.24. The first-order valence-corrected chi connectivity index (χ1v) is 8.50. The lowest BCUT2D eigenvalue weighted by atomic mass is 9.84. The molecule has 1 rings (SSSR count). The van der Waals surface area contributed by atoms with E-state index in [1.54, 1.807) is 6.92 Å². The Kier molecular flexibility index (Phi) is 8.64. The van der Waals surface area contributed by atoms with Crippen LogP contribution in [0.4, 0.5) is 0 Å². The van der Waals surface area contributed by atoms with Gasteiger partial charge >= 0.3 is 5.97 Å². The molecule has 0 amide bonds. The molecule has 0 bridgehead atoms. The average molecular weight is 280 g/mol. The summed E-state index contributed by atoms with van der Waals surface area (Å²) < 4.78 is 5.43. The Balaban J connectivity index is 2.04. The Labute approximate surface area is 125 Å². The van der Waals surface area contributed by atoms with Crippen LogP contribution < -0.4 is 0 Å². The number of unbranched alkanes of at least 4 members (excludes halogenated alkanes) is 5. The van der Waals surface area contributed by atoms with Crippen LogP contribution in [0.5, 0.6) is 0 Å². The third-order valence-electron chi connectivity index (χ3n) is 4.38. The van der Waals surface area contributed by atoms with E-state index in [0.29, 0.717) is 5.57 Å². The van der Waals surface area contributed by atoms with Crippen molar-refractivity contribution in [1.82, 2.24) is 0 Å². The van der Waals surface area contributed by atoms with Crippen molar-refractivity contribution in [3.63, 3.8) is 0 Å². The van der Waals surface area contributed by atoms with E-state index in [9.17, 15) is 4.79 Å². The standard InChI is InChI=1S/C18H32O2/c1-4-5-6-7-8-9-10-16-11-13-17(14-12-16)20-18(19)15(2)3/h16-17H,2,4-14H2,1,3H3. The van der Waals surface area contributed by atoms with Crippen molar-refractivity contribution in [2.75, 3.05) is 0 Å². The Morgan fingerprint density at radius 2 is 1.65 bits per heavy atom. The molecule has 1 fully saturated rings. The molecule has 0 aromatic rings. The van der Waals surface area contributed by atoms with Crippen molar-refractivity contribution in [2.45, 2.75) is 90.6 Å². The Morgan fingerprint density at radius 1 is 1.05 bits per heavy atom. The van der Waals surface area contributed by atoms with Crippen LogP contribution >= 0.6 is 0 Å². The van der Waals surface area contributed by atoms with Crippen LogP contribution in [0.25, 0.3) is 0 Å². The van der Waals surface area contributed by atoms with Crippen molar-refractivity contribution in [2.24, 2.45) is 5.92 Å². The Hall–Kier alpha value is -0.790. The molecule has 0 N–H and O–H groups in total. The number of hydrogen-bond donors (Lipinski definition) is 0. The molecule has 2 heteroatoms. The third kappa shape index (κ3) is 7.12. The molecule has 0 atom stereocenters. The number of carbonyl (C=O) groups is 1. The molecule has 0 heterocycles. The zero-order valence-electron chi connectivity index (χ0n) is 13.5. The van der Waals surface area contributed by atoms with E-state index in [0.717, 1.165) is 18.8 Å². The first kappa shape index (κ1) is 17.3. The van der Waals surface area contributed by atoms with E-state index < -0.39 is 0 Å². The van der Waals surface area contributed by atoms with Gasteiger partial charge in [0.1, 0.15) is 6.10 Å². The highest BCUT2D eigenvalue weighted by molar-refractivity contribution is 5.87. The average Bonchev–Trinajstić information content (AvgIpc) is 2.44. The van der Waals surface area contributed by atoms with Crippen LogP contribution in [0.15, 0.2) is 12.2 Å². The third-order valence-corrected chi connectivity index (χ3v) is 4.38. The van der Waals surface area contributed by atoms with E-state index in [1.807, 2.05) is 0 Å². The molecule has 20 heavy (non-hydrogen) atoms. The van der Waals surface area contributed by atoms with Crippen molar-refractivity contribution in [3.05, 3.63) is 12.2 Å². The van der Waals surface area contributed by atoms with Gasteiger partial charge in [0.2, 0.25) is 0 Å². The van der Waals surface area contributed by atoms with Gasteiger partial charge in [-0.15, -0.1) is 0 Å². The molecule has 0 unspecified atom stereocenters. The first-order chi connectivity index (χ1) is 9.63. The second-order valence-corrected chi connectivity index (χ2v) is 6.38. The van der Waals surface area contributed by atoms with Crippen LogP contribution in [-0.4, -0.2) is 12.1 Å². The van der Waals surface area contributed by atoms with E-state index >= 15 is 0 Å². The number of ether oxygens (including phenoxy) is 1. The fraction of sp³-hybridized carbons (Fsp3) is 0.833. The lowest BCUT2D eigenvalue weighted by molar-refractivity contribution is -0.146. The van der Waals surface area contributed by atoms with Gasteiger partial charge in [-0.2, -0.15) is 0 Å². The number of rotatable bonds is 9. The summed E-state index contributed by atoms with van der Waals surface area (Å²) in [7, 11) is 0. The fourth-order valence-corrected chi connectivity index (χ4v) is 3.00. The highest BCUT2D eigenvalue weighted by atomic mass is 16.5. The summed E-state index contributed by atoms with van der Waals surface area (Å²) in [5.41, 5.74) is 0.513. The van der Waals surface area contributed by atoms with Gasteiger partial charge in [-0.25, -0.2) is 4.79 Å². The molecule has 0 aromatic carbocycles. The quantitative estimate of drug-likeness (QED) is 0.320. The second-order valence-electron chi connectivity index (χ2n) is 6.38. The van der Waals surface area contributed by atoms with Crippen molar-refractivity contribution in [3.8, 4) is 0 Å². The molecule has 0 spiro atoms. The topological polar surface area (TPSA) is 26.3 Å². The van der Waals surface area contributed by atoms with Crippen LogP contribution in [0.1, 0.15) is 84.5 Å². The molecular weight excluding hydrogens is 248 g/mol. The Morgan fingerprint density at radius 3 is 2.25 bits per heavy atom. The Bertz CT molecular complexity index is 288. The maximum atomic E-state index is 11.5. The zero-order chi connectivity index (χ0) is 14.8. The minimum atomic E-state index is -0.218. The summed E-state index contributed by atoms with van der Waals surface area (Å²) in [6.07, 6.45) is 14.3. The predicted molar refractivity (Wildman–Crippen MR) is 84.6 cm³/mol. The van der Waals surface area contributed by atoms with E-state index in [1.165, 1.54) is 57.8 Å². The van der Waals surface area contributed by atoms with Crippen LogP contribution in [0.2, 0.25) is 0 Å². The van der Waals surface area contributed by atoms with Crippen molar-refractivity contribution in [1.29, 1.82) is 0 Å². The molecule has 0 saturated heterocycles. The molecule has 0 radical (unpaired) electrons. The molecular formula is C18H32O2. The highest BCUT2D eigenvalue weighted by Gasteiger charge is 2.23. The van der Waals surface area contributed by atoms with Crippen molar-refractivity contribution >= 4 is 5.97 Å². The maximum absolute atomic E-state index is 11.5. The van der Waals surface area contributed by atoms with Gasteiger partial charge in [-0.05, 0) is 38.5 Å². The van der Waals surface area contributed by atoms with Gasteiger partial charge in [0.25, 0.3) is 0 Å². The largest absolute Gasteiger partial charge is 0.459 e. The molecule has 0 aromatic heterocycles. The van der Waals surface area contributed by atoms with Crippen molar-refractivity contribution < 1.29 is 9.53 Å². The van der Waals surface area contributed by atoms with Gasteiger partial charge in [-0.3, -0.25) is 0 Å². The SMILES string of the molecule is C=C(C)C(=O)OC1CCC(CCCCCCCC)CC1. The van der Waals surface area contributed by atoms with Crippen LogP contribution in [-0.2, 0) is 9.53 Å². The van der Waals surface area contributed by atoms with Crippen LogP contribution in [0.3, 0.4) is 0 Å². The second kappa shape index (κ2) is 10.0. The summed E-state index contributed by atoms with van der Waals surface area (Å²) in [5.74, 6) is 0.644. The monoisotopic (exact) mass is 280 g/mol. The summed E-state index contributed by atoms with van der Waals surface area (Å²) in [4.78, 5) is 11.5. The van der Waals surface area contributed by atoms with Gasteiger partial charge < -0.3 is 4.74 Å². The molecule has 2 nitrogen and oxygen atoms in total. The smallest absolute Gasteiger partial charge is 0.333 e. The minimum absolute atomic E-state index is 0.139. The zero-order valence-corrected chi connectivity index (χ0v) is 13.5.